The summed E-state index contributed by atoms with van der Waals surface area (Å²) in [5.41, 5.74) is 3.49. The lowest BCUT2D eigenvalue weighted by Crippen LogP contribution is -2.24. The van der Waals surface area contributed by atoms with E-state index in [2.05, 4.69) is 40.3 Å². The van der Waals surface area contributed by atoms with Crippen LogP contribution in [0.5, 0.6) is 5.75 Å². The maximum atomic E-state index is 9.33. The van der Waals surface area contributed by atoms with Crippen molar-refractivity contribution in [3.63, 3.8) is 0 Å². The van der Waals surface area contributed by atoms with Gasteiger partial charge in [0.2, 0.25) is 0 Å². The zero-order valence-corrected chi connectivity index (χ0v) is 14.6. The molecule has 118 valence electrons. The number of aryl methyl sites for hydroxylation is 1. The van der Waals surface area contributed by atoms with Gasteiger partial charge in [-0.2, -0.15) is 0 Å². The molecule has 2 aromatic carbocycles. The van der Waals surface area contributed by atoms with E-state index in [9.17, 15) is 5.11 Å². The highest BCUT2D eigenvalue weighted by atomic mass is 79.9. The molecule has 3 nitrogen and oxygen atoms in total. The predicted molar refractivity (Wildman–Crippen MR) is 93.0 cm³/mol. The molecule has 2 rings (SSSR count). The van der Waals surface area contributed by atoms with Crippen LogP contribution < -0.4 is 10.1 Å². The standard InChI is InChI=1S/C18H22BrNO2/c1-13-5-3-4-6-15(13)12-22-18-8-7-17(19)9-16(18)11-20-10-14(2)21/h3-9,14,20-21H,10-12H2,1-2H3. The van der Waals surface area contributed by atoms with Crippen molar-refractivity contribution in [2.75, 3.05) is 6.54 Å². The van der Waals surface area contributed by atoms with Crippen LogP contribution in [0.1, 0.15) is 23.6 Å². The van der Waals surface area contributed by atoms with Crippen LogP contribution in [-0.2, 0) is 13.2 Å². The summed E-state index contributed by atoms with van der Waals surface area (Å²) in [6, 6.07) is 14.2. The molecule has 0 bridgehead atoms. The number of hydrogen-bond donors (Lipinski definition) is 2. The normalized spacial score (nSPS) is 12.2. The summed E-state index contributed by atoms with van der Waals surface area (Å²) < 4.78 is 7.01. The number of ether oxygens (including phenoxy) is 1. The van der Waals surface area contributed by atoms with Crippen molar-refractivity contribution in [3.8, 4) is 5.75 Å². The summed E-state index contributed by atoms with van der Waals surface area (Å²) in [4.78, 5) is 0. The van der Waals surface area contributed by atoms with Gasteiger partial charge in [-0.25, -0.2) is 0 Å². The highest BCUT2D eigenvalue weighted by molar-refractivity contribution is 9.10. The fourth-order valence-electron chi connectivity index (χ4n) is 2.17. The van der Waals surface area contributed by atoms with Gasteiger partial charge in [-0.1, -0.05) is 40.2 Å². The minimum absolute atomic E-state index is 0.358. The lowest BCUT2D eigenvalue weighted by atomic mass is 10.1. The third-order valence-electron chi connectivity index (χ3n) is 3.42. The van der Waals surface area contributed by atoms with Crippen molar-refractivity contribution in [1.29, 1.82) is 0 Å². The van der Waals surface area contributed by atoms with E-state index in [1.165, 1.54) is 11.1 Å². The third kappa shape index (κ3) is 5.13. The highest BCUT2D eigenvalue weighted by Gasteiger charge is 2.07. The molecule has 2 aromatic rings. The Kier molecular flexibility index (Phi) is 6.43. The molecule has 0 aromatic heterocycles. The van der Waals surface area contributed by atoms with Crippen molar-refractivity contribution < 1.29 is 9.84 Å². The van der Waals surface area contributed by atoms with Crippen LogP contribution in [-0.4, -0.2) is 17.8 Å². The molecule has 0 aliphatic heterocycles. The Hall–Kier alpha value is -1.36. The summed E-state index contributed by atoms with van der Waals surface area (Å²) in [6.07, 6.45) is -0.358. The maximum absolute atomic E-state index is 9.33. The van der Waals surface area contributed by atoms with Gasteiger partial charge in [0.1, 0.15) is 12.4 Å². The Balaban J connectivity index is 2.05. The van der Waals surface area contributed by atoms with Crippen LogP contribution in [0.3, 0.4) is 0 Å². The fraction of sp³-hybridized carbons (Fsp3) is 0.333. The van der Waals surface area contributed by atoms with Gasteiger partial charge < -0.3 is 15.2 Å². The molecule has 1 unspecified atom stereocenters. The predicted octanol–water partition coefficient (Wildman–Crippen LogP) is 3.81. The second-order valence-electron chi connectivity index (χ2n) is 5.45. The van der Waals surface area contributed by atoms with Gasteiger partial charge in [-0.3, -0.25) is 0 Å². The molecule has 1 atom stereocenters. The Morgan fingerprint density at radius 2 is 1.95 bits per heavy atom. The van der Waals surface area contributed by atoms with Crippen molar-refractivity contribution in [3.05, 3.63) is 63.6 Å². The monoisotopic (exact) mass is 363 g/mol. The topological polar surface area (TPSA) is 41.5 Å². The van der Waals surface area contributed by atoms with Gasteiger partial charge in [0.05, 0.1) is 6.10 Å². The molecule has 0 aliphatic rings. The van der Waals surface area contributed by atoms with E-state index >= 15 is 0 Å². The summed E-state index contributed by atoms with van der Waals surface area (Å²) in [5, 5.41) is 12.6. The van der Waals surface area contributed by atoms with Gasteiger partial charge in [-0.05, 0) is 43.2 Å². The number of rotatable bonds is 7. The molecule has 4 heteroatoms. The van der Waals surface area contributed by atoms with Crippen LogP contribution in [0.2, 0.25) is 0 Å². The summed E-state index contributed by atoms with van der Waals surface area (Å²) in [7, 11) is 0. The first-order valence-corrected chi connectivity index (χ1v) is 8.20. The molecule has 0 saturated carbocycles. The Morgan fingerprint density at radius 1 is 1.18 bits per heavy atom. The fourth-order valence-corrected chi connectivity index (χ4v) is 2.58. The Morgan fingerprint density at radius 3 is 2.68 bits per heavy atom. The number of nitrogens with one attached hydrogen (secondary N) is 1. The molecule has 0 spiro atoms. The molecule has 22 heavy (non-hydrogen) atoms. The van der Waals surface area contributed by atoms with E-state index in [1.807, 2.05) is 30.3 Å². The second kappa shape index (κ2) is 8.32. The van der Waals surface area contributed by atoms with Crippen molar-refractivity contribution in [2.24, 2.45) is 0 Å². The number of aliphatic hydroxyl groups excluding tert-OH is 1. The number of hydrogen-bond acceptors (Lipinski definition) is 3. The second-order valence-corrected chi connectivity index (χ2v) is 6.36. The average Bonchev–Trinajstić information content (AvgIpc) is 2.47. The average molecular weight is 364 g/mol. The minimum Gasteiger partial charge on any atom is -0.489 e. The van der Waals surface area contributed by atoms with E-state index in [4.69, 9.17) is 4.74 Å². The van der Waals surface area contributed by atoms with Crippen LogP contribution in [0, 0.1) is 6.92 Å². The zero-order chi connectivity index (χ0) is 15.9. The molecule has 2 N–H and O–H groups in total. The smallest absolute Gasteiger partial charge is 0.124 e. The van der Waals surface area contributed by atoms with Crippen molar-refractivity contribution in [1.82, 2.24) is 5.32 Å². The van der Waals surface area contributed by atoms with E-state index in [1.54, 1.807) is 6.92 Å². The first kappa shape index (κ1) is 17.0. The molecular formula is C18H22BrNO2. The Bertz CT molecular complexity index is 614. The first-order valence-electron chi connectivity index (χ1n) is 7.41. The largest absolute Gasteiger partial charge is 0.489 e. The molecule has 0 saturated heterocycles. The third-order valence-corrected chi connectivity index (χ3v) is 3.92. The highest BCUT2D eigenvalue weighted by Crippen LogP contribution is 2.24. The minimum atomic E-state index is -0.358. The van der Waals surface area contributed by atoms with Crippen LogP contribution in [0.25, 0.3) is 0 Å². The van der Waals surface area contributed by atoms with E-state index in [0.717, 1.165) is 15.8 Å². The lowest BCUT2D eigenvalue weighted by molar-refractivity contribution is 0.190. The quantitative estimate of drug-likeness (QED) is 0.785. The molecule has 0 aliphatic carbocycles. The van der Waals surface area contributed by atoms with Crippen molar-refractivity contribution >= 4 is 15.9 Å². The maximum Gasteiger partial charge on any atom is 0.124 e. The number of benzene rings is 2. The van der Waals surface area contributed by atoms with E-state index < -0.39 is 0 Å². The van der Waals surface area contributed by atoms with Crippen LogP contribution >= 0.6 is 15.9 Å². The van der Waals surface area contributed by atoms with Gasteiger partial charge in [-0.15, -0.1) is 0 Å². The first-order chi connectivity index (χ1) is 10.6. The van der Waals surface area contributed by atoms with E-state index in [-0.39, 0.29) is 6.10 Å². The zero-order valence-electron chi connectivity index (χ0n) is 13.0. The van der Waals surface area contributed by atoms with Gasteiger partial charge in [0, 0.05) is 23.1 Å². The van der Waals surface area contributed by atoms with Crippen LogP contribution in [0.15, 0.2) is 46.9 Å². The molecular weight excluding hydrogens is 342 g/mol. The van der Waals surface area contributed by atoms with Gasteiger partial charge in [0.25, 0.3) is 0 Å². The van der Waals surface area contributed by atoms with Crippen LogP contribution in [0.4, 0.5) is 0 Å². The van der Waals surface area contributed by atoms with Gasteiger partial charge >= 0.3 is 0 Å². The number of halogens is 1. The molecule has 0 fully saturated rings. The van der Waals surface area contributed by atoms with E-state index in [0.29, 0.717) is 19.7 Å². The Labute approximate surface area is 140 Å². The summed E-state index contributed by atoms with van der Waals surface area (Å²) in [5.74, 6) is 0.865. The SMILES string of the molecule is Cc1ccccc1COc1ccc(Br)cc1CNCC(C)O. The summed E-state index contributed by atoms with van der Waals surface area (Å²) in [6.45, 7) is 5.63. The van der Waals surface area contributed by atoms with Gasteiger partial charge in [0.15, 0.2) is 0 Å². The molecule has 0 radical (unpaired) electrons. The summed E-state index contributed by atoms with van der Waals surface area (Å²) >= 11 is 3.49. The van der Waals surface area contributed by atoms with Crippen molar-refractivity contribution in [2.45, 2.75) is 33.1 Å². The lowest BCUT2D eigenvalue weighted by Gasteiger charge is -2.14. The molecule has 0 heterocycles. The number of aliphatic hydroxyl groups is 1. The molecule has 0 amide bonds.